The average molecular weight is 488 g/mol. The number of pyridine rings is 1. The van der Waals surface area contributed by atoms with E-state index >= 15 is 0 Å². The summed E-state index contributed by atoms with van der Waals surface area (Å²) in [5, 5.41) is 5.62. The predicted octanol–water partition coefficient (Wildman–Crippen LogP) is 5.54. The summed E-state index contributed by atoms with van der Waals surface area (Å²) in [6.45, 7) is 0. The third-order valence-electron chi connectivity index (χ3n) is 6.43. The first-order chi connectivity index (χ1) is 17.5. The normalized spacial score (nSPS) is 13.9. The fraction of sp³-hybridized carbons (Fsp3) is 0.259. The van der Waals surface area contributed by atoms with Crippen LogP contribution in [0.1, 0.15) is 42.5 Å². The molecule has 1 saturated carbocycles. The number of fused-ring (bicyclic) bond motifs is 1. The van der Waals surface area contributed by atoms with Gasteiger partial charge in [-0.15, -0.1) is 0 Å². The smallest absolute Gasteiger partial charge is 0.258 e. The Labute approximate surface area is 207 Å². The molecule has 0 aliphatic heterocycles. The highest BCUT2D eigenvalue weighted by atomic mass is 19.1. The van der Waals surface area contributed by atoms with Gasteiger partial charge in [0.2, 0.25) is 5.91 Å². The molecule has 0 spiro atoms. The summed E-state index contributed by atoms with van der Waals surface area (Å²) < 4.78 is 19.2. The van der Waals surface area contributed by atoms with Gasteiger partial charge in [-0.1, -0.05) is 19.3 Å². The van der Waals surface area contributed by atoms with Gasteiger partial charge in [-0.25, -0.2) is 14.4 Å². The van der Waals surface area contributed by atoms with E-state index in [9.17, 15) is 14.0 Å². The van der Waals surface area contributed by atoms with Crippen molar-refractivity contribution in [1.82, 2.24) is 15.0 Å². The summed E-state index contributed by atoms with van der Waals surface area (Å²) in [5.74, 6) is 0.305. The summed E-state index contributed by atoms with van der Waals surface area (Å²) in [5.41, 5.74) is 2.67. The van der Waals surface area contributed by atoms with E-state index in [1.807, 2.05) is 0 Å². The Bertz CT molecular complexity index is 1410. The number of carbonyl (C=O) groups excluding carboxylic acids is 2. The van der Waals surface area contributed by atoms with Gasteiger partial charge in [0, 0.05) is 29.3 Å². The van der Waals surface area contributed by atoms with Crippen LogP contribution in [0.25, 0.3) is 22.4 Å². The molecular formula is C27H26FN5O3. The van der Waals surface area contributed by atoms with Gasteiger partial charge in [0.05, 0.1) is 29.9 Å². The number of nitrogens with zero attached hydrogens (tertiary/aromatic N) is 2. The lowest BCUT2D eigenvalue weighted by Crippen LogP contribution is -2.25. The zero-order valence-corrected chi connectivity index (χ0v) is 19.8. The van der Waals surface area contributed by atoms with Crippen LogP contribution < -0.4 is 15.4 Å². The van der Waals surface area contributed by atoms with Crippen LogP contribution in [0.15, 0.2) is 54.7 Å². The monoisotopic (exact) mass is 487 g/mol. The Morgan fingerprint density at radius 3 is 2.53 bits per heavy atom. The number of halogens is 1. The van der Waals surface area contributed by atoms with E-state index < -0.39 is 11.7 Å². The Balaban J connectivity index is 1.27. The van der Waals surface area contributed by atoms with Gasteiger partial charge in [-0.2, -0.15) is 0 Å². The van der Waals surface area contributed by atoms with Crippen molar-refractivity contribution in [3.05, 3.63) is 66.1 Å². The van der Waals surface area contributed by atoms with E-state index in [0.717, 1.165) is 36.8 Å². The van der Waals surface area contributed by atoms with Crippen molar-refractivity contribution >= 4 is 34.4 Å². The van der Waals surface area contributed by atoms with Crippen LogP contribution in [0.4, 0.5) is 15.9 Å². The number of anilines is 2. The Morgan fingerprint density at radius 2 is 1.81 bits per heavy atom. The van der Waals surface area contributed by atoms with Gasteiger partial charge in [-0.3, -0.25) is 9.59 Å². The summed E-state index contributed by atoms with van der Waals surface area (Å²) in [4.78, 5) is 37.2. The van der Waals surface area contributed by atoms with Crippen molar-refractivity contribution in [2.45, 2.75) is 32.1 Å². The SMILES string of the molecule is COc1ccc(C(=O)Nc2ccc(-c3nc4cc(NC(=O)C5CCCCC5)ncc4[nH]3)cc2)c(F)c1. The van der Waals surface area contributed by atoms with Gasteiger partial charge in [0.1, 0.15) is 23.2 Å². The maximum Gasteiger partial charge on any atom is 0.258 e. The number of methoxy groups -OCH3 is 1. The maximum absolute atomic E-state index is 14.2. The highest BCUT2D eigenvalue weighted by molar-refractivity contribution is 6.04. The van der Waals surface area contributed by atoms with E-state index in [0.29, 0.717) is 28.6 Å². The van der Waals surface area contributed by atoms with Crippen molar-refractivity contribution in [1.29, 1.82) is 0 Å². The number of carbonyl (C=O) groups is 2. The molecule has 2 amide bonds. The number of aromatic amines is 1. The molecule has 5 rings (SSSR count). The van der Waals surface area contributed by atoms with Crippen LogP contribution in [0.5, 0.6) is 5.75 Å². The van der Waals surface area contributed by atoms with Crippen molar-refractivity contribution in [2.75, 3.05) is 17.7 Å². The fourth-order valence-electron chi connectivity index (χ4n) is 4.42. The molecule has 0 saturated heterocycles. The van der Waals surface area contributed by atoms with Gasteiger partial charge in [0.15, 0.2) is 0 Å². The molecule has 9 heteroatoms. The quantitative estimate of drug-likeness (QED) is 0.331. The number of hydrogen-bond donors (Lipinski definition) is 3. The minimum atomic E-state index is -0.659. The molecule has 36 heavy (non-hydrogen) atoms. The summed E-state index contributed by atoms with van der Waals surface area (Å²) in [7, 11) is 1.43. The number of imidazole rings is 1. The number of benzene rings is 2. The first-order valence-corrected chi connectivity index (χ1v) is 11.9. The van der Waals surface area contributed by atoms with Crippen LogP contribution in [-0.4, -0.2) is 33.9 Å². The fourth-order valence-corrected chi connectivity index (χ4v) is 4.42. The lowest BCUT2D eigenvalue weighted by atomic mass is 9.89. The third kappa shape index (κ3) is 5.05. The summed E-state index contributed by atoms with van der Waals surface area (Å²) in [6.07, 6.45) is 6.87. The van der Waals surface area contributed by atoms with Crippen molar-refractivity contribution in [2.24, 2.45) is 5.92 Å². The molecule has 0 radical (unpaired) electrons. The Kier molecular flexibility index (Phi) is 6.62. The number of H-pyrrole nitrogens is 1. The molecule has 0 unspecified atom stereocenters. The molecule has 2 aromatic carbocycles. The molecule has 0 bridgehead atoms. The number of amides is 2. The highest BCUT2D eigenvalue weighted by Gasteiger charge is 2.21. The van der Waals surface area contributed by atoms with Gasteiger partial charge < -0.3 is 20.4 Å². The molecule has 1 aliphatic carbocycles. The molecule has 184 valence electrons. The largest absolute Gasteiger partial charge is 0.497 e. The average Bonchev–Trinajstić information content (AvgIpc) is 3.33. The van der Waals surface area contributed by atoms with E-state index in [1.54, 1.807) is 36.5 Å². The Morgan fingerprint density at radius 1 is 1.03 bits per heavy atom. The molecular weight excluding hydrogens is 461 g/mol. The topological polar surface area (TPSA) is 109 Å². The molecule has 4 aromatic rings. The van der Waals surface area contributed by atoms with Gasteiger partial charge in [0.25, 0.3) is 5.91 Å². The molecule has 0 atom stereocenters. The zero-order chi connectivity index (χ0) is 25.1. The van der Waals surface area contributed by atoms with E-state index in [2.05, 4.69) is 25.6 Å². The highest BCUT2D eigenvalue weighted by Crippen LogP contribution is 2.26. The molecule has 2 heterocycles. The van der Waals surface area contributed by atoms with Crippen molar-refractivity contribution in [3.8, 4) is 17.1 Å². The standard InChI is InChI=1S/C27H26FN5O3/c1-36-19-11-12-20(21(28)13-19)27(35)30-18-9-7-16(8-10-18)25-31-22-14-24(29-15-23(22)32-25)33-26(34)17-5-3-2-4-6-17/h7-15,17H,2-6H2,1H3,(H,30,35)(H,31,32)(H,29,33,34). The second-order valence-electron chi connectivity index (χ2n) is 8.87. The van der Waals surface area contributed by atoms with Crippen LogP contribution >= 0.6 is 0 Å². The molecule has 3 N–H and O–H groups in total. The molecule has 1 aliphatic rings. The van der Waals surface area contributed by atoms with Crippen LogP contribution in [0.2, 0.25) is 0 Å². The maximum atomic E-state index is 14.2. The van der Waals surface area contributed by atoms with Gasteiger partial charge in [-0.05, 0) is 49.2 Å². The summed E-state index contributed by atoms with van der Waals surface area (Å²) in [6, 6.07) is 12.9. The lowest BCUT2D eigenvalue weighted by molar-refractivity contribution is -0.120. The molecule has 8 nitrogen and oxygen atoms in total. The number of ether oxygens (including phenoxy) is 1. The minimum absolute atomic E-state index is 0.0180. The lowest BCUT2D eigenvalue weighted by Gasteiger charge is -2.20. The first-order valence-electron chi connectivity index (χ1n) is 11.9. The predicted molar refractivity (Wildman–Crippen MR) is 135 cm³/mol. The Hall–Kier alpha value is -4.27. The zero-order valence-electron chi connectivity index (χ0n) is 19.8. The molecule has 2 aromatic heterocycles. The number of hydrogen-bond acceptors (Lipinski definition) is 5. The van der Waals surface area contributed by atoms with E-state index in [4.69, 9.17) is 4.74 Å². The van der Waals surface area contributed by atoms with E-state index in [1.165, 1.54) is 31.7 Å². The first kappa shape index (κ1) is 23.5. The van der Waals surface area contributed by atoms with Crippen LogP contribution in [0, 0.1) is 11.7 Å². The number of nitrogens with one attached hydrogen (secondary N) is 3. The second-order valence-corrected chi connectivity index (χ2v) is 8.87. The number of rotatable bonds is 6. The van der Waals surface area contributed by atoms with Crippen LogP contribution in [-0.2, 0) is 4.79 Å². The van der Waals surface area contributed by atoms with E-state index in [-0.39, 0.29) is 17.4 Å². The second kappa shape index (κ2) is 10.2. The minimum Gasteiger partial charge on any atom is -0.497 e. The van der Waals surface area contributed by atoms with Crippen molar-refractivity contribution < 1.29 is 18.7 Å². The molecule has 1 fully saturated rings. The summed E-state index contributed by atoms with van der Waals surface area (Å²) >= 11 is 0. The third-order valence-corrected chi connectivity index (χ3v) is 6.43. The van der Waals surface area contributed by atoms with Gasteiger partial charge >= 0.3 is 0 Å². The number of aromatic nitrogens is 3. The van der Waals surface area contributed by atoms with Crippen LogP contribution in [0.3, 0.4) is 0 Å². The van der Waals surface area contributed by atoms with Crippen molar-refractivity contribution in [3.63, 3.8) is 0 Å².